The Morgan fingerprint density at radius 1 is 0.667 bits per heavy atom. The second-order valence-electron chi connectivity index (χ2n) is 10.4. The van der Waals surface area contributed by atoms with Gasteiger partial charge < -0.3 is 20.4 Å². The maximum atomic E-state index is 11.4. The van der Waals surface area contributed by atoms with Crippen molar-refractivity contribution in [2.45, 2.75) is 18.7 Å². The van der Waals surface area contributed by atoms with E-state index in [9.17, 15) is 28.5 Å². The first-order valence-corrected chi connectivity index (χ1v) is 16.1. The number of primary sulfonamides is 1. The summed E-state index contributed by atoms with van der Waals surface area (Å²) in [7, 11) is -3.95. The largest absolute Gasteiger partial charge is 0.506 e. The van der Waals surface area contributed by atoms with Crippen molar-refractivity contribution < 1.29 is 51.0 Å². The monoisotopic (exact) mass is 747 g/mol. The van der Waals surface area contributed by atoms with Gasteiger partial charge in [0.1, 0.15) is 17.1 Å². The number of carbonyl (C=O) groups is 1. The molecule has 0 aliphatic rings. The van der Waals surface area contributed by atoms with Gasteiger partial charge in [-0.1, -0.05) is 48.5 Å². The standard InChI is InChI=1S/C17H14N4O3.C16H15N5O4S.Cr/c1-11-15(16(22)21(20-11)12-7-3-2-4-8-12)19-18-14-10-6-5-9-13(14)17(23)24;1-10-15(16(23)21(20-10)11-5-3-2-4-6-11)19-18-13-9-12(26(17,24)25)7-8-14(13)22;/h2-10,22H,1H3,(H,23,24);2-9,22-23H,1H3,(H2,17,24,25);. The van der Waals surface area contributed by atoms with E-state index in [-0.39, 0.29) is 68.1 Å². The molecular formula is C33H29CrN9O7S. The number of aromatic carboxylic acids is 1. The molecule has 51 heavy (non-hydrogen) atoms. The number of sulfonamides is 1. The fourth-order valence-corrected chi connectivity index (χ4v) is 4.99. The van der Waals surface area contributed by atoms with Crippen LogP contribution in [0.3, 0.4) is 0 Å². The Bertz CT molecular complexity index is 2350. The first-order valence-electron chi connectivity index (χ1n) is 14.5. The van der Waals surface area contributed by atoms with E-state index in [4.69, 9.17) is 10.2 Å². The van der Waals surface area contributed by atoms with Gasteiger partial charge in [0.2, 0.25) is 21.8 Å². The molecule has 0 spiro atoms. The molecule has 0 saturated carbocycles. The van der Waals surface area contributed by atoms with Crippen molar-refractivity contribution in [2.24, 2.45) is 25.6 Å². The van der Waals surface area contributed by atoms with Gasteiger partial charge >= 0.3 is 5.97 Å². The third-order valence-corrected chi connectivity index (χ3v) is 7.85. The van der Waals surface area contributed by atoms with Gasteiger partial charge in [-0.3, -0.25) is 0 Å². The Balaban J connectivity index is 0.000000225. The summed E-state index contributed by atoms with van der Waals surface area (Å²) < 4.78 is 25.5. The zero-order valence-corrected chi connectivity index (χ0v) is 28.9. The SMILES string of the molecule is Cc1nn(-c2ccccc2)c(O)c1N=Nc1cc(S(N)(=O)=O)ccc1O.Cc1nn(-c2ccccc2)c(O)c1N=Nc1ccccc1C(=O)O.[Cr]. The molecule has 0 bridgehead atoms. The van der Waals surface area contributed by atoms with Crippen LogP contribution in [0.1, 0.15) is 21.7 Å². The second kappa shape index (κ2) is 16.0. The van der Waals surface area contributed by atoms with E-state index in [1.807, 2.05) is 24.3 Å². The summed E-state index contributed by atoms with van der Waals surface area (Å²) in [5.74, 6) is -1.77. The Labute approximate surface area is 301 Å². The molecule has 4 aromatic carbocycles. The zero-order chi connectivity index (χ0) is 36.0. The third-order valence-electron chi connectivity index (χ3n) is 6.94. The molecule has 16 nitrogen and oxygen atoms in total. The number of nitrogens with zero attached hydrogens (tertiary/aromatic N) is 8. The zero-order valence-electron chi connectivity index (χ0n) is 26.8. The number of phenolic OH excluding ortho intramolecular Hbond substituents is 1. The molecule has 18 heteroatoms. The number of hydrogen-bond donors (Lipinski definition) is 5. The summed E-state index contributed by atoms with van der Waals surface area (Å²) in [6.45, 7) is 3.32. The van der Waals surface area contributed by atoms with Gasteiger partial charge in [-0.25, -0.2) is 18.4 Å². The number of para-hydroxylation sites is 2. The van der Waals surface area contributed by atoms with Crippen molar-refractivity contribution in [3.63, 3.8) is 0 Å². The number of carboxylic acids is 1. The first-order chi connectivity index (χ1) is 23.8. The topological polar surface area (TPSA) is 243 Å². The molecule has 6 rings (SSSR count). The number of nitrogens with two attached hydrogens (primary N) is 1. The summed E-state index contributed by atoms with van der Waals surface area (Å²) >= 11 is 0. The smallest absolute Gasteiger partial charge is 0.337 e. The number of rotatable bonds is 8. The minimum Gasteiger partial charge on any atom is -0.506 e. The van der Waals surface area contributed by atoms with Crippen LogP contribution in [0.15, 0.2) is 128 Å². The number of aromatic hydroxyl groups is 3. The van der Waals surface area contributed by atoms with Crippen LogP contribution in [0.4, 0.5) is 22.7 Å². The predicted octanol–water partition coefficient (Wildman–Crippen LogP) is 6.65. The normalized spacial score (nSPS) is 11.3. The summed E-state index contributed by atoms with van der Waals surface area (Å²) in [6, 6.07) is 27.7. The Hall–Kier alpha value is -6.19. The third kappa shape index (κ3) is 8.70. The van der Waals surface area contributed by atoms with Crippen molar-refractivity contribution >= 4 is 38.7 Å². The molecule has 0 unspecified atom stereocenters. The van der Waals surface area contributed by atoms with Crippen LogP contribution in [0.2, 0.25) is 0 Å². The van der Waals surface area contributed by atoms with Crippen LogP contribution < -0.4 is 5.14 Å². The van der Waals surface area contributed by atoms with E-state index in [1.54, 1.807) is 68.4 Å². The average Bonchev–Trinajstić information content (AvgIpc) is 3.55. The Kier molecular flexibility index (Phi) is 11.8. The van der Waals surface area contributed by atoms with Crippen LogP contribution >= 0.6 is 0 Å². The Morgan fingerprint density at radius 3 is 1.59 bits per heavy atom. The molecule has 0 atom stereocenters. The molecule has 0 radical (unpaired) electrons. The van der Waals surface area contributed by atoms with Crippen molar-refractivity contribution in [3.8, 4) is 28.9 Å². The summed E-state index contributed by atoms with van der Waals surface area (Å²) in [5.41, 5.74) is 2.62. The molecule has 260 valence electrons. The van der Waals surface area contributed by atoms with Crippen molar-refractivity contribution in [3.05, 3.63) is 120 Å². The number of azo groups is 2. The van der Waals surface area contributed by atoms with Gasteiger partial charge in [-0.2, -0.15) is 19.6 Å². The predicted molar refractivity (Wildman–Crippen MR) is 181 cm³/mol. The quantitative estimate of drug-likeness (QED) is 0.104. The fourth-order valence-electron chi connectivity index (χ4n) is 4.46. The minimum absolute atomic E-state index is 0. The van der Waals surface area contributed by atoms with Crippen LogP contribution in [-0.2, 0) is 27.4 Å². The first kappa shape index (κ1) is 37.6. The van der Waals surface area contributed by atoms with E-state index in [2.05, 4.69) is 30.7 Å². The van der Waals surface area contributed by atoms with E-state index in [0.29, 0.717) is 22.8 Å². The summed E-state index contributed by atoms with van der Waals surface area (Å²) in [6.07, 6.45) is 0. The van der Waals surface area contributed by atoms with Crippen molar-refractivity contribution in [1.29, 1.82) is 0 Å². The van der Waals surface area contributed by atoms with Gasteiger partial charge in [0, 0.05) is 17.4 Å². The molecule has 0 saturated heterocycles. The number of carboxylic acid groups (broad SMARTS) is 1. The van der Waals surface area contributed by atoms with Crippen LogP contribution in [0, 0.1) is 13.8 Å². The van der Waals surface area contributed by atoms with Crippen molar-refractivity contribution in [1.82, 2.24) is 19.6 Å². The molecule has 0 aliphatic heterocycles. The summed E-state index contributed by atoms with van der Waals surface area (Å²) in [4.78, 5) is 11.0. The van der Waals surface area contributed by atoms with Gasteiger partial charge in [0.05, 0.1) is 33.2 Å². The van der Waals surface area contributed by atoms with E-state index in [1.165, 1.54) is 15.4 Å². The van der Waals surface area contributed by atoms with Gasteiger partial charge in [0.25, 0.3) is 0 Å². The number of hydrogen-bond acceptors (Lipinski definition) is 12. The minimum atomic E-state index is -3.95. The average molecular weight is 748 g/mol. The number of aryl methyl sites for hydroxylation is 2. The molecule has 2 aromatic heterocycles. The van der Waals surface area contributed by atoms with Crippen molar-refractivity contribution in [2.75, 3.05) is 0 Å². The van der Waals surface area contributed by atoms with Gasteiger partial charge in [-0.15, -0.1) is 20.5 Å². The molecule has 0 aliphatic carbocycles. The number of benzene rings is 4. The molecule has 0 amide bonds. The van der Waals surface area contributed by atoms with E-state index >= 15 is 0 Å². The van der Waals surface area contributed by atoms with E-state index in [0.717, 1.165) is 18.2 Å². The van der Waals surface area contributed by atoms with Crippen LogP contribution in [0.5, 0.6) is 17.5 Å². The number of phenols is 1. The van der Waals surface area contributed by atoms with Gasteiger partial charge in [-0.05, 0) is 68.4 Å². The maximum absolute atomic E-state index is 11.4. The van der Waals surface area contributed by atoms with E-state index < -0.39 is 16.0 Å². The van der Waals surface area contributed by atoms with Crippen LogP contribution in [0.25, 0.3) is 11.4 Å². The maximum Gasteiger partial charge on any atom is 0.337 e. The molecular weight excluding hydrogens is 718 g/mol. The summed E-state index contributed by atoms with van der Waals surface area (Å²) in [5, 5.41) is 68.9. The molecule has 0 fully saturated rings. The fraction of sp³-hybridized carbons (Fsp3) is 0.0606. The number of aromatic nitrogens is 4. The second-order valence-corrected chi connectivity index (χ2v) is 12.0. The van der Waals surface area contributed by atoms with Gasteiger partial charge in [0.15, 0.2) is 11.4 Å². The molecule has 6 aromatic rings. The molecule has 2 heterocycles. The Morgan fingerprint density at radius 2 is 1.12 bits per heavy atom. The van der Waals surface area contributed by atoms with Crippen LogP contribution in [-0.4, -0.2) is 54.4 Å². The molecule has 6 N–H and O–H groups in total.